The van der Waals surface area contributed by atoms with Crippen LogP contribution in [0.5, 0.6) is 0 Å². The molecule has 2 aliphatic rings. The molecule has 0 aromatic rings. The van der Waals surface area contributed by atoms with Crippen molar-refractivity contribution < 1.29 is 4.74 Å². The van der Waals surface area contributed by atoms with Gasteiger partial charge in [0.05, 0.1) is 5.60 Å². The molecule has 2 aliphatic carbocycles. The van der Waals surface area contributed by atoms with Gasteiger partial charge in [-0.1, -0.05) is 30.7 Å². The topological polar surface area (TPSA) is 9.23 Å². The molecule has 0 aliphatic heterocycles. The summed E-state index contributed by atoms with van der Waals surface area (Å²) in [7, 11) is 0. The Bertz CT molecular complexity index is 329. The maximum absolute atomic E-state index is 6.07. The van der Waals surface area contributed by atoms with Crippen LogP contribution in [0.3, 0.4) is 0 Å². The lowest BCUT2D eigenvalue weighted by atomic mass is 9.76. The third kappa shape index (κ3) is 3.26. The molecule has 0 N–H and O–H groups in total. The number of allylic oxidation sites excluding steroid dienone is 3. The lowest BCUT2D eigenvalue weighted by Gasteiger charge is -2.35. The Hall–Kier alpha value is -0.560. The summed E-state index contributed by atoms with van der Waals surface area (Å²) in [4.78, 5) is 0. The quantitative estimate of drug-likeness (QED) is 0.630. The highest BCUT2D eigenvalue weighted by Gasteiger charge is 2.34. The first-order valence-electron chi connectivity index (χ1n) is 7.62. The first-order valence-corrected chi connectivity index (χ1v) is 7.62. The van der Waals surface area contributed by atoms with E-state index in [9.17, 15) is 0 Å². The minimum Gasteiger partial charge on any atom is -0.371 e. The van der Waals surface area contributed by atoms with E-state index >= 15 is 0 Å². The maximum atomic E-state index is 6.07. The highest BCUT2D eigenvalue weighted by Crippen LogP contribution is 2.39. The number of hydrogen-bond acceptors (Lipinski definition) is 1. The van der Waals surface area contributed by atoms with Crippen molar-refractivity contribution in [2.24, 2.45) is 11.8 Å². The summed E-state index contributed by atoms with van der Waals surface area (Å²) in [5, 5.41) is 0. The van der Waals surface area contributed by atoms with Crippen molar-refractivity contribution in [2.75, 3.05) is 6.61 Å². The number of hydrogen-bond donors (Lipinski definition) is 0. The van der Waals surface area contributed by atoms with E-state index in [-0.39, 0.29) is 5.60 Å². The second-order valence-corrected chi connectivity index (χ2v) is 6.21. The molecule has 0 saturated heterocycles. The van der Waals surface area contributed by atoms with Crippen LogP contribution >= 0.6 is 0 Å². The van der Waals surface area contributed by atoms with Crippen molar-refractivity contribution in [2.45, 2.75) is 64.9 Å². The number of ether oxygens (including phenoxy) is 1. The predicted molar refractivity (Wildman–Crippen MR) is 77.6 cm³/mol. The van der Waals surface area contributed by atoms with Crippen LogP contribution in [-0.4, -0.2) is 12.2 Å². The van der Waals surface area contributed by atoms with Crippen molar-refractivity contribution in [1.82, 2.24) is 0 Å². The third-order valence-corrected chi connectivity index (χ3v) is 4.74. The van der Waals surface area contributed by atoms with Gasteiger partial charge in [-0.25, -0.2) is 0 Å². The van der Waals surface area contributed by atoms with E-state index in [2.05, 4.69) is 39.0 Å². The third-order valence-electron chi connectivity index (χ3n) is 4.74. The largest absolute Gasteiger partial charge is 0.371 e. The molecule has 2 rings (SSSR count). The Balaban J connectivity index is 1.93. The van der Waals surface area contributed by atoms with Crippen LogP contribution in [-0.2, 0) is 4.74 Å². The van der Waals surface area contributed by atoms with Gasteiger partial charge in [0.2, 0.25) is 0 Å². The van der Waals surface area contributed by atoms with E-state index in [1.54, 1.807) is 5.57 Å². The SMILES string of the molecule is CCOC1(CC(C)C2CC=C(C)CC2)C=CCC1. The highest BCUT2D eigenvalue weighted by molar-refractivity contribution is 5.11. The maximum Gasteiger partial charge on any atom is 0.0867 e. The highest BCUT2D eigenvalue weighted by atomic mass is 16.5. The van der Waals surface area contributed by atoms with Crippen LogP contribution < -0.4 is 0 Å². The molecule has 0 fully saturated rings. The minimum atomic E-state index is 0.0599. The van der Waals surface area contributed by atoms with Gasteiger partial charge in [0.25, 0.3) is 0 Å². The van der Waals surface area contributed by atoms with Crippen LogP contribution in [0.15, 0.2) is 23.8 Å². The Morgan fingerprint density at radius 1 is 1.50 bits per heavy atom. The Morgan fingerprint density at radius 2 is 2.33 bits per heavy atom. The minimum absolute atomic E-state index is 0.0599. The van der Waals surface area contributed by atoms with Crippen molar-refractivity contribution in [3.05, 3.63) is 23.8 Å². The van der Waals surface area contributed by atoms with Crippen molar-refractivity contribution in [3.8, 4) is 0 Å². The molecule has 0 radical (unpaired) electrons. The molecule has 0 aromatic heterocycles. The van der Waals surface area contributed by atoms with Gasteiger partial charge in [0.15, 0.2) is 0 Å². The zero-order chi connectivity index (χ0) is 13.0. The molecular weight excluding hydrogens is 220 g/mol. The van der Waals surface area contributed by atoms with E-state index in [0.29, 0.717) is 0 Å². The van der Waals surface area contributed by atoms with Gasteiger partial charge in [0, 0.05) is 6.61 Å². The molecule has 3 atom stereocenters. The smallest absolute Gasteiger partial charge is 0.0867 e. The van der Waals surface area contributed by atoms with Crippen LogP contribution in [0, 0.1) is 11.8 Å². The predicted octanol–water partition coefficient (Wildman–Crippen LogP) is 4.88. The molecule has 3 unspecified atom stereocenters. The van der Waals surface area contributed by atoms with E-state index in [1.165, 1.54) is 38.5 Å². The fourth-order valence-electron chi connectivity index (χ4n) is 3.56. The fourth-order valence-corrected chi connectivity index (χ4v) is 3.56. The molecule has 18 heavy (non-hydrogen) atoms. The van der Waals surface area contributed by atoms with Gasteiger partial charge < -0.3 is 4.74 Å². The first-order chi connectivity index (χ1) is 8.65. The summed E-state index contributed by atoms with van der Waals surface area (Å²) in [6.45, 7) is 7.64. The van der Waals surface area contributed by atoms with Crippen LogP contribution in [0.4, 0.5) is 0 Å². The van der Waals surface area contributed by atoms with Gasteiger partial charge in [-0.05, 0) is 64.2 Å². The molecule has 0 aromatic carbocycles. The van der Waals surface area contributed by atoms with Crippen LogP contribution in [0.25, 0.3) is 0 Å². The van der Waals surface area contributed by atoms with E-state index < -0.39 is 0 Å². The zero-order valence-corrected chi connectivity index (χ0v) is 12.2. The number of rotatable bonds is 5. The lowest BCUT2D eigenvalue weighted by Crippen LogP contribution is -2.32. The Morgan fingerprint density at radius 3 is 2.89 bits per heavy atom. The van der Waals surface area contributed by atoms with Gasteiger partial charge >= 0.3 is 0 Å². The van der Waals surface area contributed by atoms with E-state index in [1.807, 2.05) is 0 Å². The monoisotopic (exact) mass is 248 g/mol. The molecular formula is C17H28O. The molecule has 0 saturated carbocycles. The van der Waals surface area contributed by atoms with Gasteiger partial charge in [-0.15, -0.1) is 0 Å². The van der Waals surface area contributed by atoms with E-state index in [4.69, 9.17) is 4.74 Å². The standard InChI is InChI=1S/C17H28O/c1-4-18-17(11-5-6-12-17)13-15(3)16-9-7-14(2)8-10-16/h5,7,11,15-16H,4,6,8-10,12-13H2,1-3H3. The normalized spacial score (nSPS) is 33.5. The van der Waals surface area contributed by atoms with Gasteiger partial charge in [-0.2, -0.15) is 0 Å². The molecule has 1 heteroatoms. The zero-order valence-electron chi connectivity index (χ0n) is 12.2. The average molecular weight is 248 g/mol. The van der Waals surface area contributed by atoms with Crippen LogP contribution in [0.1, 0.15) is 59.3 Å². The summed E-state index contributed by atoms with van der Waals surface area (Å²) >= 11 is 0. The van der Waals surface area contributed by atoms with Gasteiger partial charge in [-0.3, -0.25) is 0 Å². The second-order valence-electron chi connectivity index (χ2n) is 6.21. The Labute approximate surface area is 112 Å². The Kier molecular flexibility index (Phi) is 4.66. The summed E-state index contributed by atoms with van der Waals surface area (Å²) in [5.41, 5.74) is 1.64. The molecule has 0 bridgehead atoms. The molecule has 0 spiro atoms. The molecule has 0 amide bonds. The van der Waals surface area contributed by atoms with Crippen molar-refractivity contribution >= 4 is 0 Å². The summed E-state index contributed by atoms with van der Waals surface area (Å²) in [6.07, 6.45) is 14.6. The van der Waals surface area contributed by atoms with Gasteiger partial charge in [0.1, 0.15) is 0 Å². The summed E-state index contributed by atoms with van der Waals surface area (Å²) in [6, 6.07) is 0. The fraction of sp³-hybridized carbons (Fsp3) is 0.765. The summed E-state index contributed by atoms with van der Waals surface area (Å²) < 4.78 is 6.07. The summed E-state index contributed by atoms with van der Waals surface area (Å²) in [5.74, 6) is 1.63. The second kappa shape index (κ2) is 6.06. The van der Waals surface area contributed by atoms with E-state index in [0.717, 1.165) is 18.4 Å². The lowest BCUT2D eigenvalue weighted by molar-refractivity contribution is -0.0228. The molecule has 0 heterocycles. The average Bonchev–Trinajstić information content (AvgIpc) is 2.79. The molecule has 102 valence electrons. The first kappa shape index (κ1) is 13.9. The van der Waals surface area contributed by atoms with Crippen LogP contribution in [0.2, 0.25) is 0 Å². The van der Waals surface area contributed by atoms with Crippen molar-refractivity contribution in [1.29, 1.82) is 0 Å². The molecule has 1 nitrogen and oxygen atoms in total. The van der Waals surface area contributed by atoms with Crippen molar-refractivity contribution in [3.63, 3.8) is 0 Å².